The third kappa shape index (κ3) is 3.46. The van der Waals surface area contributed by atoms with Gasteiger partial charge >= 0.3 is 5.97 Å². The molecular weight excluding hydrogens is 390 g/mol. The lowest BCUT2D eigenvalue weighted by atomic mass is 10.1. The third-order valence-electron chi connectivity index (χ3n) is 2.55. The Bertz CT molecular complexity index is 686. The van der Waals surface area contributed by atoms with Gasteiger partial charge in [0.2, 0.25) is 0 Å². The van der Waals surface area contributed by atoms with Crippen molar-refractivity contribution in [3.63, 3.8) is 0 Å². The summed E-state index contributed by atoms with van der Waals surface area (Å²) in [6.45, 7) is 0. The van der Waals surface area contributed by atoms with Crippen molar-refractivity contribution in [2.45, 2.75) is 0 Å². The molecule has 102 valence electrons. The number of carbonyl (C=O) groups is 2. The van der Waals surface area contributed by atoms with E-state index in [2.05, 4.69) is 37.2 Å². The Hall–Kier alpha value is -1.66. The van der Waals surface area contributed by atoms with Crippen LogP contribution in [0.5, 0.6) is 0 Å². The fraction of sp³-hybridized carbons (Fsp3) is 0. The lowest BCUT2D eigenvalue weighted by Crippen LogP contribution is -2.13. The molecule has 0 aliphatic rings. The van der Waals surface area contributed by atoms with E-state index in [9.17, 15) is 9.59 Å². The summed E-state index contributed by atoms with van der Waals surface area (Å²) in [5.74, 6) is -1.44. The highest BCUT2D eigenvalue weighted by Gasteiger charge is 2.11. The largest absolute Gasteiger partial charge is 0.478 e. The molecule has 2 aromatic carbocycles. The minimum absolute atomic E-state index is 0.0750. The molecule has 0 fully saturated rings. The lowest BCUT2D eigenvalue weighted by molar-refractivity contribution is 0.0697. The summed E-state index contributed by atoms with van der Waals surface area (Å²) in [5.41, 5.74) is 0.966. The average molecular weight is 399 g/mol. The summed E-state index contributed by atoms with van der Waals surface area (Å²) in [7, 11) is 0. The number of aromatic carboxylic acids is 1. The second-order valence-corrected chi connectivity index (χ2v) is 5.73. The molecule has 6 heteroatoms. The first-order chi connectivity index (χ1) is 9.47. The van der Waals surface area contributed by atoms with Gasteiger partial charge in [0, 0.05) is 14.5 Å². The van der Waals surface area contributed by atoms with E-state index >= 15 is 0 Å². The smallest absolute Gasteiger partial charge is 0.335 e. The summed E-state index contributed by atoms with van der Waals surface area (Å²) >= 11 is 6.66. The number of hydrogen-bond acceptors (Lipinski definition) is 2. The Labute approximate surface area is 132 Å². The predicted molar refractivity (Wildman–Crippen MR) is 83.2 cm³/mol. The van der Waals surface area contributed by atoms with Gasteiger partial charge in [-0.3, -0.25) is 4.79 Å². The van der Waals surface area contributed by atoms with E-state index in [1.54, 1.807) is 18.2 Å². The van der Waals surface area contributed by atoms with Crippen LogP contribution in [0.25, 0.3) is 0 Å². The molecule has 0 radical (unpaired) electrons. The minimum atomic E-state index is -1.07. The second kappa shape index (κ2) is 6.19. The first-order valence-electron chi connectivity index (χ1n) is 5.57. The van der Waals surface area contributed by atoms with Crippen LogP contribution in [-0.4, -0.2) is 17.0 Å². The molecule has 0 atom stereocenters. The topological polar surface area (TPSA) is 66.4 Å². The van der Waals surface area contributed by atoms with Crippen LogP contribution in [-0.2, 0) is 0 Å². The fourth-order valence-electron chi connectivity index (χ4n) is 1.58. The summed E-state index contributed by atoms with van der Waals surface area (Å²) in [4.78, 5) is 23.0. The number of halogens is 2. The second-order valence-electron chi connectivity index (χ2n) is 3.96. The summed E-state index contributed by atoms with van der Waals surface area (Å²) in [6.07, 6.45) is 0. The Morgan fingerprint density at radius 1 is 1.00 bits per heavy atom. The predicted octanol–water partition coefficient (Wildman–Crippen LogP) is 4.16. The molecule has 1 amide bonds. The average Bonchev–Trinajstić information content (AvgIpc) is 2.43. The summed E-state index contributed by atoms with van der Waals surface area (Å²) in [6, 6.07) is 11.3. The Balaban J connectivity index is 2.26. The van der Waals surface area contributed by atoms with Crippen LogP contribution in [0.2, 0.25) is 0 Å². The van der Waals surface area contributed by atoms with Gasteiger partial charge in [-0.25, -0.2) is 4.79 Å². The van der Waals surface area contributed by atoms with Crippen molar-refractivity contribution in [1.82, 2.24) is 0 Å². The van der Waals surface area contributed by atoms with Crippen molar-refractivity contribution < 1.29 is 14.7 Å². The number of carboxylic acid groups (broad SMARTS) is 1. The number of rotatable bonds is 3. The van der Waals surface area contributed by atoms with Gasteiger partial charge in [-0.2, -0.15) is 0 Å². The van der Waals surface area contributed by atoms with E-state index in [-0.39, 0.29) is 17.0 Å². The standard InChI is InChI=1S/C14H9Br2NO3/c15-10-4-5-11(16)12(7-10)17-13(18)8-2-1-3-9(6-8)14(19)20/h1-7H,(H,17,18)(H,19,20). The molecule has 0 unspecified atom stereocenters. The van der Waals surface area contributed by atoms with Crippen molar-refractivity contribution in [1.29, 1.82) is 0 Å². The Morgan fingerprint density at radius 2 is 1.70 bits per heavy atom. The van der Waals surface area contributed by atoms with E-state index in [4.69, 9.17) is 5.11 Å². The number of anilines is 1. The van der Waals surface area contributed by atoms with Crippen LogP contribution >= 0.6 is 31.9 Å². The van der Waals surface area contributed by atoms with Crippen molar-refractivity contribution in [2.75, 3.05) is 5.32 Å². The van der Waals surface area contributed by atoms with Gasteiger partial charge in [-0.1, -0.05) is 22.0 Å². The zero-order valence-electron chi connectivity index (χ0n) is 10.1. The van der Waals surface area contributed by atoms with Crippen molar-refractivity contribution in [3.8, 4) is 0 Å². The van der Waals surface area contributed by atoms with Crippen molar-refractivity contribution >= 4 is 49.4 Å². The molecular formula is C14H9Br2NO3. The molecule has 0 saturated carbocycles. The van der Waals surface area contributed by atoms with Crippen molar-refractivity contribution in [3.05, 3.63) is 62.5 Å². The molecule has 2 rings (SSSR count). The normalized spacial score (nSPS) is 10.1. The maximum Gasteiger partial charge on any atom is 0.335 e. The quantitative estimate of drug-likeness (QED) is 0.815. The highest BCUT2D eigenvalue weighted by molar-refractivity contribution is 9.11. The molecule has 0 saturated heterocycles. The lowest BCUT2D eigenvalue weighted by Gasteiger charge is -2.08. The molecule has 0 bridgehead atoms. The molecule has 2 N–H and O–H groups in total. The monoisotopic (exact) mass is 397 g/mol. The molecule has 0 spiro atoms. The van der Waals surface area contributed by atoms with Crippen LogP contribution in [0.3, 0.4) is 0 Å². The molecule has 20 heavy (non-hydrogen) atoms. The number of amides is 1. The van der Waals surface area contributed by atoms with Gasteiger partial charge < -0.3 is 10.4 Å². The molecule has 0 aliphatic carbocycles. The van der Waals surface area contributed by atoms with E-state index in [0.29, 0.717) is 5.69 Å². The van der Waals surface area contributed by atoms with E-state index in [0.717, 1.165) is 8.95 Å². The van der Waals surface area contributed by atoms with Crippen LogP contribution in [0, 0.1) is 0 Å². The SMILES string of the molecule is O=C(O)c1cccc(C(=O)Nc2cc(Br)ccc2Br)c1. The van der Waals surface area contributed by atoms with Gasteiger partial charge in [-0.15, -0.1) is 0 Å². The van der Waals surface area contributed by atoms with Crippen LogP contribution in [0.1, 0.15) is 20.7 Å². The highest BCUT2D eigenvalue weighted by atomic mass is 79.9. The van der Waals surface area contributed by atoms with Gasteiger partial charge in [-0.05, 0) is 52.3 Å². The summed E-state index contributed by atoms with van der Waals surface area (Å²) in [5, 5.41) is 11.6. The first-order valence-corrected chi connectivity index (χ1v) is 7.16. The van der Waals surface area contributed by atoms with Gasteiger partial charge in [0.05, 0.1) is 11.3 Å². The number of benzene rings is 2. The van der Waals surface area contributed by atoms with Crippen LogP contribution < -0.4 is 5.32 Å². The fourth-order valence-corrected chi connectivity index (χ4v) is 2.29. The molecule has 0 aromatic heterocycles. The zero-order chi connectivity index (χ0) is 14.7. The summed E-state index contributed by atoms with van der Waals surface area (Å²) < 4.78 is 1.57. The number of carboxylic acids is 1. The maximum absolute atomic E-state index is 12.1. The zero-order valence-corrected chi connectivity index (χ0v) is 13.2. The highest BCUT2D eigenvalue weighted by Crippen LogP contribution is 2.26. The molecule has 4 nitrogen and oxygen atoms in total. The van der Waals surface area contributed by atoms with Crippen molar-refractivity contribution in [2.24, 2.45) is 0 Å². The number of carbonyl (C=O) groups excluding carboxylic acids is 1. The van der Waals surface area contributed by atoms with E-state index < -0.39 is 5.97 Å². The maximum atomic E-state index is 12.1. The van der Waals surface area contributed by atoms with Crippen LogP contribution in [0.15, 0.2) is 51.4 Å². The van der Waals surface area contributed by atoms with Gasteiger partial charge in [0.15, 0.2) is 0 Å². The van der Waals surface area contributed by atoms with E-state index in [1.165, 1.54) is 18.2 Å². The molecule has 0 aliphatic heterocycles. The Kier molecular flexibility index (Phi) is 4.57. The third-order valence-corrected chi connectivity index (χ3v) is 3.73. The van der Waals surface area contributed by atoms with Gasteiger partial charge in [0.1, 0.15) is 0 Å². The van der Waals surface area contributed by atoms with Crippen LogP contribution in [0.4, 0.5) is 5.69 Å². The van der Waals surface area contributed by atoms with Gasteiger partial charge in [0.25, 0.3) is 5.91 Å². The minimum Gasteiger partial charge on any atom is -0.478 e. The Morgan fingerprint density at radius 3 is 2.40 bits per heavy atom. The molecule has 2 aromatic rings. The number of hydrogen-bond donors (Lipinski definition) is 2. The molecule has 0 heterocycles. The van der Waals surface area contributed by atoms with E-state index in [1.807, 2.05) is 6.07 Å². The first kappa shape index (κ1) is 14.7. The number of nitrogens with one attached hydrogen (secondary N) is 1.